The smallest absolute Gasteiger partial charge is 0.242 e. The van der Waals surface area contributed by atoms with Crippen LogP contribution in [0, 0.1) is 6.92 Å². The van der Waals surface area contributed by atoms with Gasteiger partial charge in [0, 0.05) is 25.8 Å². The molecule has 0 spiro atoms. The van der Waals surface area contributed by atoms with Gasteiger partial charge in [0.05, 0.1) is 15.8 Å². The van der Waals surface area contributed by atoms with E-state index in [4.69, 9.17) is 23.2 Å². The fourth-order valence-corrected chi connectivity index (χ4v) is 4.84. The average molecular weight is 516 g/mol. The molecule has 0 saturated carbocycles. The lowest BCUT2D eigenvalue weighted by Gasteiger charge is -2.31. The summed E-state index contributed by atoms with van der Waals surface area (Å²) in [4.78, 5) is 28.2. The van der Waals surface area contributed by atoms with E-state index in [1.807, 2.05) is 73.7 Å². The van der Waals surface area contributed by atoms with E-state index in [9.17, 15) is 9.59 Å². The molecular weight excluding hydrogens is 487 g/mol. The van der Waals surface area contributed by atoms with Gasteiger partial charge >= 0.3 is 0 Å². The van der Waals surface area contributed by atoms with Crippen molar-refractivity contribution in [1.82, 2.24) is 10.2 Å². The Balaban J connectivity index is 1.81. The molecule has 2 amide bonds. The van der Waals surface area contributed by atoms with Gasteiger partial charge in [-0.25, -0.2) is 0 Å². The minimum atomic E-state index is -0.620. The van der Waals surface area contributed by atoms with Crippen LogP contribution >= 0.6 is 35.0 Å². The molecule has 0 bridgehead atoms. The zero-order valence-corrected chi connectivity index (χ0v) is 21.6. The largest absolute Gasteiger partial charge is 0.357 e. The number of nitrogens with zero attached hydrogens (tertiary/aromatic N) is 1. The van der Waals surface area contributed by atoms with E-state index < -0.39 is 6.04 Å². The second-order valence-electron chi connectivity index (χ2n) is 8.01. The fourth-order valence-electron chi connectivity index (χ4n) is 3.66. The molecule has 34 heavy (non-hydrogen) atoms. The predicted octanol–water partition coefficient (Wildman–Crippen LogP) is 5.92. The van der Waals surface area contributed by atoms with Gasteiger partial charge in [-0.3, -0.25) is 9.59 Å². The first-order valence-corrected chi connectivity index (χ1v) is 12.9. The van der Waals surface area contributed by atoms with Crippen molar-refractivity contribution in [3.63, 3.8) is 0 Å². The van der Waals surface area contributed by atoms with Gasteiger partial charge in [-0.05, 0) is 41.3 Å². The molecule has 0 aliphatic heterocycles. The van der Waals surface area contributed by atoms with Crippen molar-refractivity contribution in [2.24, 2.45) is 0 Å². The number of hydrogen-bond acceptors (Lipinski definition) is 3. The van der Waals surface area contributed by atoms with Crippen molar-refractivity contribution in [2.75, 3.05) is 12.8 Å². The van der Waals surface area contributed by atoms with Crippen LogP contribution in [0.3, 0.4) is 0 Å². The lowest BCUT2D eigenvalue weighted by atomic mass is 10.0. The quantitative estimate of drug-likeness (QED) is 0.365. The number of carbonyl (C=O) groups excluding carboxylic acids is 2. The van der Waals surface area contributed by atoms with Gasteiger partial charge in [0.2, 0.25) is 11.8 Å². The Morgan fingerprint density at radius 2 is 1.65 bits per heavy atom. The van der Waals surface area contributed by atoms with E-state index in [2.05, 4.69) is 5.32 Å². The third-order valence-electron chi connectivity index (χ3n) is 5.60. The van der Waals surface area contributed by atoms with Crippen molar-refractivity contribution >= 4 is 46.8 Å². The standard InChI is InChI=1S/C27H28Cl2N2O2S/c1-19-8-6-7-11-22(19)16-31(25(27(33)30-2)15-20-9-4-3-5-10-20)26(32)18-34-17-21-12-13-23(28)24(29)14-21/h3-14,25H,15-18H2,1-2H3,(H,30,33)/t25-/m0/s1. The molecule has 3 aromatic carbocycles. The lowest BCUT2D eigenvalue weighted by molar-refractivity contribution is -0.139. The highest BCUT2D eigenvalue weighted by Gasteiger charge is 2.30. The summed E-state index contributed by atoms with van der Waals surface area (Å²) in [5.41, 5.74) is 4.10. The third-order valence-corrected chi connectivity index (χ3v) is 7.33. The zero-order valence-electron chi connectivity index (χ0n) is 19.3. The summed E-state index contributed by atoms with van der Waals surface area (Å²) in [5, 5.41) is 3.75. The topological polar surface area (TPSA) is 49.4 Å². The van der Waals surface area contributed by atoms with Crippen LogP contribution in [0.1, 0.15) is 22.3 Å². The number of rotatable bonds is 10. The second kappa shape index (κ2) is 12.8. The SMILES string of the molecule is CNC(=O)[C@H](Cc1ccccc1)N(Cc1ccccc1C)C(=O)CSCc1ccc(Cl)c(Cl)c1. The fraction of sp³-hybridized carbons (Fsp3) is 0.259. The van der Waals surface area contributed by atoms with E-state index in [1.165, 1.54) is 11.8 Å². The summed E-state index contributed by atoms with van der Waals surface area (Å²) in [5.74, 6) is 0.594. The molecule has 0 saturated heterocycles. The normalized spacial score (nSPS) is 11.6. The molecule has 1 atom stereocenters. The highest BCUT2D eigenvalue weighted by atomic mass is 35.5. The molecule has 0 radical (unpaired) electrons. The highest BCUT2D eigenvalue weighted by Crippen LogP contribution is 2.25. The maximum absolute atomic E-state index is 13.5. The second-order valence-corrected chi connectivity index (χ2v) is 9.81. The maximum atomic E-state index is 13.5. The molecule has 0 aliphatic rings. The van der Waals surface area contributed by atoms with Crippen LogP contribution in [-0.4, -0.2) is 35.6 Å². The molecule has 178 valence electrons. The monoisotopic (exact) mass is 514 g/mol. The van der Waals surface area contributed by atoms with Gasteiger partial charge in [0.25, 0.3) is 0 Å². The Bertz CT molecular complexity index is 1120. The first-order valence-electron chi connectivity index (χ1n) is 11.0. The molecule has 0 aromatic heterocycles. The van der Waals surface area contributed by atoms with E-state index >= 15 is 0 Å². The summed E-state index contributed by atoms with van der Waals surface area (Å²) in [7, 11) is 1.61. The Hall–Kier alpha value is -2.47. The van der Waals surface area contributed by atoms with E-state index in [0.717, 1.165) is 22.3 Å². The number of likely N-dealkylation sites (N-methyl/N-ethyl adjacent to an activating group) is 1. The average Bonchev–Trinajstić information content (AvgIpc) is 2.84. The van der Waals surface area contributed by atoms with Gasteiger partial charge in [0.1, 0.15) is 6.04 Å². The van der Waals surface area contributed by atoms with Gasteiger partial charge in [-0.1, -0.05) is 83.9 Å². The number of thioether (sulfide) groups is 1. The van der Waals surface area contributed by atoms with Crippen LogP contribution < -0.4 is 5.32 Å². The Morgan fingerprint density at radius 3 is 2.32 bits per heavy atom. The number of carbonyl (C=O) groups is 2. The van der Waals surface area contributed by atoms with Crippen molar-refractivity contribution in [3.05, 3.63) is 105 Å². The molecule has 0 unspecified atom stereocenters. The minimum absolute atomic E-state index is 0.0853. The molecular formula is C27H28Cl2N2O2S. The summed E-state index contributed by atoms with van der Waals surface area (Å²) in [6.07, 6.45) is 0.440. The third kappa shape index (κ3) is 7.26. The number of halogens is 2. The number of hydrogen-bond donors (Lipinski definition) is 1. The Labute approximate surface area is 215 Å². The van der Waals surface area contributed by atoms with Crippen molar-refractivity contribution in [1.29, 1.82) is 0 Å². The van der Waals surface area contributed by atoms with Gasteiger partial charge < -0.3 is 10.2 Å². The molecule has 0 fully saturated rings. The van der Waals surface area contributed by atoms with Crippen LogP contribution in [0.15, 0.2) is 72.8 Å². The molecule has 1 N–H and O–H groups in total. The summed E-state index contributed by atoms with van der Waals surface area (Å²) >= 11 is 13.6. The van der Waals surface area contributed by atoms with E-state index in [0.29, 0.717) is 28.8 Å². The lowest BCUT2D eigenvalue weighted by Crippen LogP contribution is -2.50. The molecule has 0 heterocycles. The first kappa shape index (κ1) is 26.1. The van der Waals surface area contributed by atoms with Crippen LogP contribution in [0.5, 0.6) is 0 Å². The summed E-state index contributed by atoms with van der Waals surface area (Å²) in [6, 6.07) is 22.6. The zero-order chi connectivity index (χ0) is 24.5. The number of aryl methyl sites for hydroxylation is 1. The number of amides is 2. The molecule has 7 heteroatoms. The van der Waals surface area contributed by atoms with Crippen molar-refractivity contribution in [2.45, 2.75) is 31.7 Å². The van der Waals surface area contributed by atoms with Crippen LogP contribution in [0.25, 0.3) is 0 Å². The van der Waals surface area contributed by atoms with Crippen LogP contribution in [0.2, 0.25) is 10.0 Å². The Kier molecular flexibility index (Phi) is 9.87. The first-order chi connectivity index (χ1) is 16.4. The molecule has 4 nitrogen and oxygen atoms in total. The van der Waals surface area contributed by atoms with Gasteiger partial charge in [0.15, 0.2) is 0 Å². The predicted molar refractivity (Wildman–Crippen MR) is 142 cm³/mol. The van der Waals surface area contributed by atoms with Crippen molar-refractivity contribution < 1.29 is 9.59 Å². The molecule has 3 aromatic rings. The van der Waals surface area contributed by atoms with E-state index in [1.54, 1.807) is 18.0 Å². The minimum Gasteiger partial charge on any atom is -0.357 e. The van der Waals surface area contributed by atoms with Gasteiger partial charge in [-0.2, -0.15) is 0 Å². The summed E-state index contributed by atoms with van der Waals surface area (Å²) < 4.78 is 0. The number of benzene rings is 3. The van der Waals surface area contributed by atoms with Crippen LogP contribution in [0.4, 0.5) is 0 Å². The summed E-state index contributed by atoms with van der Waals surface area (Å²) in [6.45, 7) is 2.38. The molecule has 0 aliphatic carbocycles. The molecule has 3 rings (SSSR count). The van der Waals surface area contributed by atoms with Crippen LogP contribution in [-0.2, 0) is 28.3 Å². The van der Waals surface area contributed by atoms with Gasteiger partial charge in [-0.15, -0.1) is 11.8 Å². The number of nitrogens with one attached hydrogen (secondary N) is 1. The van der Waals surface area contributed by atoms with Crippen molar-refractivity contribution in [3.8, 4) is 0 Å². The Morgan fingerprint density at radius 1 is 0.941 bits per heavy atom. The maximum Gasteiger partial charge on any atom is 0.242 e. The van der Waals surface area contributed by atoms with E-state index in [-0.39, 0.29) is 17.6 Å². The highest BCUT2D eigenvalue weighted by molar-refractivity contribution is 7.99.